The van der Waals surface area contributed by atoms with E-state index in [0.717, 1.165) is 4.90 Å². The number of aromatic nitrogens is 2. The van der Waals surface area contributed by atoms with E-state index in [1.165, 1.54) is 19.2 Å². The van der Waals surface area contributed by atoms with Gasteiger partial charge >= 0.3 is 12.4 Å². The summed E-state index contributed by atoms with van der Waals surface area (Å²) in [7, 11) is 1.33. The van der Waals surface area contributed by atoms with Gasteiger partial charge in [0.2, 0.25) is 5.91 Å². The number of rotatable bonds is 5. The van der Waals surface area contributed by atoms with E-state index in [0.29, 0.717) is 42.0 Å². The molecule has 0 N–H and O–H groups in total. The lowest BCUT2D eigenvalue weighted by molar-refractivity contribution is -0.143. The van der Waals surface area contributed by atoms with Crippen LogP contribution in [-0.4, -0.2) is 41.1 Å². The van der Waals surface area contributed by atoms with Crippen LogP contribution in [-0.2, 0) is 23.7 Å². The summed E-state index contributed by atoms with van der Waals surface area (Å²) in [5, 5.41) is 8.14. The van der Waals surface area contributed by atoms with Gasteiger partial charge in [-0.1, -0.05) is 17.7 Å². The molecule has 5 nitrogen and oxygen atoms in total. The fourth-order valence-electron chi connectivity index (χ4n) is 5.05. The average Bonchev–Trinajstić information content (AvgIpc) is 2.87. The molecule has 0 unspecified atom stereocenters. The van der Waals surface area contributed by atoms with Crippen LogP contribution in [0, 0.1) is 18.7 Å². The molecule has 0 spiro atoms. The Bertz CT molecular complexity index is 1350. The van der Waals surface area contributed by atoms with E-state index >= 15 is 0 Å². The third-order valence-corrected chi connectivity index (χ3v) is 7.15. The number of hydrogen-bond acceptors (Lipinski definition) is 4. The number of piperidine rings is 1. The highest BCUT2D eigenvalue weighted by atomic mass is 35.5. The Hall–Kier alpha value is -3.41. The van der Waals surface area contributed by atoms with Gasteiger partial charge in [0, 0.05) is 38.5 Å². The summed E-state index contributed by atoms with van der Waals surface area (Å²) in [5.41, 5.74) is -1.91. The van der Waals surface area contributed by atoms with Crippen LogP contribution < -0.4 is 4.90 Å². The number of carbonyl (C=O) groups is 1. The second-order valence-electron chi connectivity index (χ2n) is 9.77. The summed E-state index contributed by atoms with van der Waals surface area (Å²) in [5.74, 6) is -1.56. The number of anilines is 1. The number of amides is 1. The summed E-state index contributed by atoms with van der Waals surface area (Å²) >= 11 is 5.84. The van der Waals surface area contributed by atoms with Crippen LogP contribution in [0.2, 0.25) is 5.15 Å². The van der Waals surface area contributed by atoms with Gasteiger partial charge < -0.3 is 9.80 Å². The first-order valence-corrected chi connectivity index (χ1v) is 12.5. The SMILES string of the molecule is Cc1cc(F)ccc1[C@@H]1CN(c2ccc(Cl)nn2)CC[C@H]1C(=O)N(C)Cc1cc(C(F)(F)F)cc(C(F)(F)F)c1. The zero-order valence-corrected chi connectivity index (χ0v) is 22.1. The third-order valence-electron chi connectivity index (χ3n) is 6.95. The van der Waals surface area contributed by atoms with Crippen LogP contribution in [0.5, 0.6) is 0 Å². The number of carbonyl (C=O) groups excluding carboxylic acids is 1. The van der Waals surface area contributed by atoms with Crippen LogP contribution in [0.4, 0.5) is 36.6 Å². The number of benzene rings is 2. The number of halogens is 8. The van der Waals surface area contributed by atoms with E-state index in [-0.39, 0.29) is 23.3 Å². The number of hydrogen-bond donors (Lipinski definition) is 0. The molecule has 1 aromatic heterocycles. The molecule has 4 rings (SSSR count). The molecule has 2 aromatic carbocycles. The maximum absolute atomic E-state index is 13.9. The summed E-state index contributed by atoms with van der Waals surface area (Å²) in [6.07, 6.45) is -9.70. The molecule has 2 atom stereocenters. The maximum Gasteiger partial charge on any atom is 0.416 e. The molecule has 1 saturated heterocycles. The molecule has 1 amide bonds. The monoisotopic (exact) mass is 588 g/mol. The highest BCUT2D eigenvalue weighted by molar-refractivity contribution is 6.29. The molecule has 214 valence electrons. The van der Waals surface area contributed by atoms with E-state index < -0.39 is 53.6 Å². The van der Waals surface area contributed by atoms with Crippen LogP contribution in [0.3, 0.4) is 0 Å². The van der Waals surface area contributed by atoms with Crippen molar-refractivity contribution >= 4 is 23.3 Å². The molecule has 3 aromatic rings. The van der Waals surface area contributed by atoms with Gasteiger partial charge in [-0.3, -0.25) is 4.79 Å². The van der Waals surface area contributed by atoms with E-state index in [9.17, 15) is 35.5 Å². The minimum absolute atomic E-state index is 0.0496. The minimum atomic E-state index is -5.00. The smallest absolute Gasteiger partial charge is 0.354 e. The fourth-order valence-corrected chi connectivity index (χ4v) is 5.15. The fraction of sp³-hybridized carbons (Fsp3) is 0.370. The lowest BCUT2D eigenvalue weighted by Gasteiger charge is -2.40. The van der Waals surface area contributed by atoms with Gasteiger partial charge in [0.05, 0.1) is 11.1 Å². The highest BCUT2D eigenvalue weighted by Crippen LogP contribution is 2.39. The second kappa shape index (κ2) is 11.2. The molecule has 2 heterocycles. The van der Waals surface area contributed by atoms with Gasteiger partial charge in [-0.15, -0.1) is 10.2 Å². The number of alkyl halides is 6. The quantitative estimate of drug-likeness (QED) is 0.305. The topological polar surface area (TPSA) is 49.3 Å². The van der Waals surface area contributed by atoms with Gasteiger partial charge in [-0.2, -0.15) is 26.3 Å². The first-order valence-electron chi connectivity index (χ1n) is 12.2. The molecule has 0 aliphatic carbocycles. The summed E-state index contributed by atoms with van der Waals surface area (Å²) in [4.78, 5) is 16.7. The maximum atomic E-state index is 13.9. The second-order valence-corrected chi connectivity index (χ2v) is 10.2. The Morgan fingerprint density at radius 1 is 1.00 bits per heavy atom. The van der Waals surface area contributed by atoms with E-state index in [2.05, 4.69) is 10.2 Å². The number of nitrogens with zero attached hydrogens (tertiary/aromatic N) is 4. The Labute approximate surface area is 230 Å². The Balaban J connectivity index is 1.64. The van der Waals surface area contributed by atoms with Crippen molar-refractivity contribution in [1.29, 1.82) is 0 Å². The van der Waals surface area contributed by atoms with Crippen molar-refractivity contribution in [2.75, 3.05) is 25.0 Å². The van der Waals surface area contributed by atoms with Crippen LogP contribution in [0.25, 0.3) is 0 Å². The Morgan fingerprint density at radius 2 is 1.65 bits per heavy atom. The molecule has 0 saturated carbocycles. The first-order chi connectivity index (χ1) is 18.6. The van der Waals surface area contributed by atoms with E-state index in [1.54, 1.807) is 25.1 Å². The van der Waals surface area contributed by atoms with Crippen molar-refractivity contribution in [1.82, 2.24) is 15.1 Å². The summed E-state index contributed by atoms with van der Waals surface area (Å²) < 4.78 is 93.9. The van der Waals surface area contributed by atoms with Crippen LogP contribution >= 0.6 is 11.6 Å². The van der Waals surface area contributed by atoms with Gasteiger partial charge in [0.25, 0.3) is 0 Å². The average molecular weight is 589 g/mol. The summed E-state index contributed by atoms with van der Waals surface area (Å²) in [6, 6.07) is 8.70. The molecule has 13 heteroatoms. The zero-order valence-electron chi connectivity index (χ0n) is 21.3. The predicted molar refractivity (Wildman–Crippen MR) is 134 cm³/mol. The van der Waals surface area contributed by atoms with E-state index in [1.807, 2.05) is 4.90 Å². The van der Waals surface area contributed by atoms with Gasteiger partial charge in [0.15, 0.2) is 11.0 Å². The normalized spacial score (nSPS) is 18.1. The first kappa shape index (κ1) is 29.6. The van der Waals surface area contributed by atoms with Crippen molar-refractivity contribution in [2.45, 2.75) is 38.2 Å². The van der Waals surface area contributed by atoms with Crippen molar-refractivity contribution in [2.24, 2.45) is 5.92 Å². The summed E-state index contributed by atoms with van der Waals surface area (Å²) in [6.45, 7) is 1.89. The van der Waals surface area contributed by atoms with Gasteiger partial charge in [-0.05, 0) is 72.5 Å². The number of aryl methyl sites for hydroxylation is 1. The lowest BCUT2D eigenvalue weighted by Crippen LogP contribution is -2.46. The predicted octanol–water partition coefficient (Wildman–Crippen LogP) is 6.88. The minimum Gasteiger partial charge on any atom is -0.354 e. The molecular weight excluding hydrogens is 565 g/mol. The van der Waals surface area contributed by atoms with Crippen molar-refractivity contribution < 1.29 is 35.5 Å². The zero-order chi connectivity index (χ0) is 29.4. The molecule has 40 heavy (non-hydrogen) atoms. The Morgan fingerprint density at radius 3 is 2.20 bits per heavy atom. The van der Waals surface area contributed by atoms with Gasteiger partial charge in [-0.25, -0.2) is 4.39 Å². The third kappa shape index (κ3) is 6.65. The standard InChI is InChI=1S/C27H24ClF7N4O/c1-15-9-19(29)3-4-20(15)22-14-39(24-6-5-23(28)36-37-24)8-7-21(22)25(40)38(2)13-16-10-17(26(30,31)32)12-18(11-16)27(33,34)35/h3-6,9-12,21-22H,7-8,13-14H2,1-2H3/t21-,22+/m1/s1. The van der Waals surface area contributed by atoms with E-state index in [4.69, 9.17) is 11.6 Å². The van der Waals surface area contributed by atoms with Crippen molar-refractivity contribution in [3.63, 3.8) is 0 Å². The van der Waals surface area contributed by atoms with Gasteiger partial charge in [0.1, 0.15) is 5.82 Å². The molecule has 0 radical (unpaired) electrons. The molecule has 1 aliphatic rings. The largest absolute Gasteiger partial charge is 0.416 e. The molecule has 1 fully saturated rings. The van der Waals surface area contributed by atoms with Crippen molar-refractivity contribution in [3.05, 3.63) is 87.3 Å². The highest BCUT2D eigenvalue weighted by Gasteiger charge is 2.39. The molecular formula is C27H24ClF7N4O. The van der Waals surface area contributed by atoms with Crippen LogP contribution in [0.1, 0.15) is 40.2 Å². The molecule has 1 aliphatic heterocycles. The van der Waals surface area contributed by atoms with Crippen LogP contribution in [0.15, 0.2) is 48.5 Å². The van der Waals surface area contributed by atoms with Crippen molar-refractivity contribution in [3.8, 4) is 0 Å². The Kier molecular flexibility index (Phi) is 8.30. The molecule has 0 bridgehead atoms. The lowest BCUT2D eigenvalue weighted by atomic mass is 9.78.